The second kappa shape index (κ2) is 14.9. The number of anilines is 2. The van der Waals surface area contributed by atoms with E-state index in [1.807, 2.05) is 69.3 Å². The first-order chi connectivity index (χ1) is 24.6. The molecule has 4 aliphatic rings. The van der Waals surface area contributed by atoms with Gasteiger partial charge in [-0.15, -0.1) is 11.8 Å². The minimum Gasteiger partial charge on any atom is -0.366 e. The van der Waals surface area contributed by atoms with Crippen LogP contribution in [0.4, 0.5) is 20.6 Å². The molecule has 0 saturated carbocycles. The predicted octanol–water partition coefficient (Wildman–Crippen LogP) is 6.36. The number of nitrogens with one attached hydrogen (secondary N) is 1. The van der Waals surface area contributed by atoms with Crippen LogP contribution in [0.1, 0.15) is 62.1 Å². The Morgan fingerprint density at radius 1 is 0.863 bits per heavy atom. The number of fused-ring (bicyclic) bond motifs is 1. The number of halogens is 1. The SMILES string of the molecule is CC(C)(C)N1CCN(c2c(F)cccc2[C@@H]2S[C@@H](CC(=O)N3CCC(N4CCc5ccccc5NC4=O)CC3)C(=O)N2Cc2ccccc2)CC1. The van der Waals surface area contributed by atoms with Crippen molar-refractivity contribution in [1.29, 1.82) is 0 Å². The van der Waals surface area contributed by atoms with Crippen molar-refractivity contribution in [2.45, 2.75) is 75.2 Å². The van der Waals surface area contributed by atoms with E-state index in [1.54, 1.807) is 6.07 Å². The molecule has 0 aliphatic carbocycles. The van der Waals surface area contributed by atoms with E-state index in [-0.39, 0.29) is 41.7 Å². The summed E-state index contributed by atoms with van der Waals surface area (Å²) in [7, 11) is 0. The summed E-state index contributed by atoms with van der Waals surface area (Å²) in [5.41, 5.74) is 4.36. The van der Waals surface area contributed by atoms with Gasteiger partial charge in [-0.25, -0.2) is 9.18 Å². The standard InChI is InChI=1S/C40H49FN6O3S/c1-40(2,3)45-24-22-44(23-25-45)36-31(13-9-14-32(36)41)38-47(27-28-10-5-4-6-11-28)37(49)34(51-38)26-35(48)43-19-17-30(18-20-43)46-21-16-29-12-7-8-15-33(29)42-39(46)50/h4-15,30,34,38H,16-27H2,1-3H3,(H,42,50)/t34-,38-/m0/s1. The molecule has 7 rings (SSSR count). The Balaban J connectivity index is 1.05. The zero-order valence-corrected chi connectivity index (χ0v) is 30.7. The average molecular weight is 713 g/mol. The van der Waals surface area contributed by atoms with Gasteiger partial charge in [0.05, 0.1) is 10.9 Å². The van der Waals surface area contributed by atoms with Gasteiger partial charge in [0.1, 0.15) is 11.2 Å². The van der Waals surface area contributed by atoms with Crippen molar-refractivity contribution in [3.05, 3.63) is 95.3 Å². The highest BCUT2D eigenvalue weighted by Gasteiger charge is 2.44. The highest BCUT2D eigenvalue weighted by atomic mass is 32.2. The largest absolute Gasteiger partial charge is 0.366 e. The number of amides is 4. The van der Waals surface area contributed by atoms with Crippen molar-refractivity contribution in [3.8, 4) is 0 Å². The maximum Gasteiger partial charge on any atom is 0.322 e. The molecule has 3 saturated heterocycles. The van der Waals surface area contributed by atoms with Gasteiger partial charge >= 0.3 is 6.03 Å². The Hall–Kier alpha value is -4.09. The van der Waals surface area contributed by atoms with Gasteiger partial charge in [0, 0.05) is 81.6 Å². The number of likely N-dealkylation sites (tertiary alicyclic amines) is 1. The zero-order chi connectivity index (χ0) is 35.7. The van der Waals surface area contributed by atoms with E-state index in [4.69, 9.17) is 0 Å². The van der Waals surface area contributed by atoms with Gasteiger partial charge in [-0.2, -0.15) is 0 Å². The lowest BCUT2D eigenvalue weighted by molar-refractivity contribution is -0.137. The van der Waals surface area contributed by atoms with E-state index >= 15 is 4.39 Å². The molecular formula is C40H49FN6O3S. The molecule has 0 spiro atoms. The highest BCUT2D eigenvalue weighted by Crippen LogP contribution is 2.48. The van der Waals surface area contributed by atoms with Crippen LogP contribution in [-0.2, 0) is 22.6 Å². The molecule has 0 bridgehead atoms. The summed E-state index contributed by atoms with van der Waals surface area (Å²) >= 11 is 1.47. The number of nitrogens with zero attached hydrogens (tertiary/aromatic N) is 5. The molecule has 4 amide bonds. The third-order valence-electron chi connectivity index (χ3n) is 10.9. The zero-order valence-electron chi connectivity index (χ0n) is 29.9. The van der Waals surface area contributed by atoms with Crippen LogP contribution in [0.2, 0.25) is 0 Å². The van der Waals surface area contributed by atoms with E-state index in [0.717, 1.165) is 41.9 Å². The van der Waals surface area contributed by atoms with Crippen molar-refractivity contribution >= 4 is 41.0 Å². The second-order valence-electron chi connectivity index (χ2n) is 15.1. The summed E-state index contributed by atoms with van der Waals surface area (Å²) in [6.07, 6.45) is 2.26. The van der Waals surface area contributed by atoms with Crippen molar-refractivity contribution < 1.29 is 18.8 Å². The number of carbonyl (C=O) groups excluding carboxylic acids is 3. The smallest absolute Gasteiger partial charge is 0.322 e. The highest BCUT2D eigenvalue weighted by molar-refractivity contribution is 8.01. The third kappa shape index (κ3) is 7.60. The van der Waals surface area contributed by atoms with Gasteiger partial charge in [0.25, 0.3) is 0 Å². The van der Waals surface area contributed by atoms with Crippen LogP contribution in [-0.4, -0.2) is 100 Å². The molecule has 270 valence electrons. The number of thioether (sulfide) groups is 1. The Bertz CT molecular complexity index is 1740. The Morgan fingerprint density at radius 3 is 2.29 bits per heavy atom. The number of para-hydroxylation sites is 2. The van der Waals surface area contributed by atoms with Crippen molar-refractivity contribution in [2.24, 2.45) is 0 Å². The number of urea groups is 1. The van der Waals surface area contributed by atoms with Gasteiger partial charge < -0.3 is 24.9 Å². The molecule has 0 unspecified atom stereocenters. The lowest BCUT2D eigenvalue weighted by Crippen LogP contribution is -2.53. The summed E-state index contributed by atoms with van der Waals surface area (Å²) in [6, 6.07) is 22.9. The number of benzene rings is 3. The first kappa shape index (κ1) is 35.3. The molecule has 51 heavy (non-hydrogen) atoms. The number of hydrogen-bond acceptors (Lipinski definition) is 6. The quantitative estimate of drug-likeness (QED) is 0.307. The molecule has 3 aromatic carbocycles. The second-order valence-corrected chi connectivity index (χ2v) is 16.4. The molecule has 9 nitrogen and oxygen atoms in total. The minimum atomic E-state index is -0.576. The molecule has 3 aromatic rings. The van der Waals surface area contributed by atoms with E-state index in [2.05, 4.69) is 42.0 Å². The van der Waals surface area contributed by atoms with Crippen molar-refractivity contribution in [2.75, 3.05) is 56.0 Å². The normalized spacial score (nSPS) is 22.2. The van der Waals surface area contributed by atoms with Crippen LogP contribution in [0.15, 0.2) is 72.8 Å². The molecule has 11 heteroatoms. The number of hydrogen-bond donors (Lipinski definition) is 1. The van der Waals surface area contributed by atoms with Crippen LogP contribution in [0.3, 0.4) is 0 Å². The lowest BCUT2D eigenvalue weighted by Gasteiger charge is -2.43. The van der Waals surface area contributed by atoms with E-state index in [9.17, 15) is 14.4 Å². The van der Waals surface area contributed by atoms with Crippen LogP contribution >= 0.6 is 11.8 Å². The number of rotatable bonds is 7. The lowest BCUT2D eigenvalue weighted by atomic mass is 10.0. The van der Waals surface area contributed by atoms with Gasteiger partial charge in [-0.3, -0.25) is 14.5 Å². The molecule has 0 radical (unpaired) electrons. The molecular weight excluding hydrogens is 664 g/mol. The fourth-order valence-corrected chi connectivity index (χ4v) is 9.49. The molecule has 3 fully saturated rings. The fourth-order valence-electron chi connectivity index (χ4n) is 8.02. The summed E-state index contributed by atoms with van der Waals surface area (Å²) in [5, 5.41) is 2.06. The molecule has 2 atom stereocenters. The molecule has 1 N–H and O–H groups in total. The van der Waals surface area contributed by atoms with Gasteiger partial charge in [0.15, 0.2) is 0 Å². The first-order valence-electron chi connectivity index (χ1n) is 18.3. The van der Waals surface area contributed by atoms with E-state index in [1.165, 1.54) is 17.8 Å². The number of piperazine rings is 1. The van der Waals surface area contributed by atoms with E-state index in [0.29, 0.717) is 57.8 Å². The Kier molecular flexibility index (Phi) is 10.3. The van der Waals surface area contributed by atoms with Gasteiger partial charge in [-0.05, 0) is 63.3 Å². The molecule has 4 heterocycles. The maximum absolute atomic E-state index is 15.8. The third-order valence-corrected chi connectivity index (χ3v) is 12.4. The van der Waals surface area contributed by atoms with Crippen molar-refractivity contribution in [3.63, 3.8) is 0 Å². The molecule has 4 aliphatic heterocycles. The monoisotopic (exact) mass is 712 g/mol. The fraction of sp³-hybridized carbons (Fsp3) is 0.475. The van der Waals surface area contributed by atoms with E-state index < -0.39 is 10.6 Å². The maximum atomic E-state index is 15.8. The Labute approximate surface area is 305 Å². The van der Waals surface area contributed by atoms with Gasteiger partial charge in [-0.1, -0.05) is 60.7 Å². The first-order valence-corrected chi connectivity index (χ1v) is 19.2. The average Bonchev–Trinajstić information content (AvgIpc) is 3.31. The van der Waals surface area contributed by atoms with Crippen LogP contribution in [0.5, 0.6) is 0 Å². The summed E-state index contributed by atoms with van der Waals surface area (Å²) < 4.78 is 15.8. The summed E-state index contributed by atoms with van der Waals surface area (Å²) in [4.78, 5) is 51.3. The van der Waals surface area contributed by atoms with Gasteiger partial charge in [0.2, 0.25) is 11.8 Å². The van der Waals surface area contributed by atoms with Crippen LogP contribution in [0, 0.1) is 5.82 Å². The summed E-state index contributed by atoms with van der Waals surface area (Å²) in [6.45, 7) is 11.7. The number of piperidine rings is 1. The summed E-state index contributed by atoms with van der Waals surface area (Å²) in [5.74, 6) is -0.426. The Morgan fingerprint density at radius 2 is 1.57 bits per heavy atom. The minimum absolute atomic E-state index is 0.0353. The predicted molar refractivity (Wildman–Crippen MR) is 201 cm³/mol. The van der Waals surface area contributed by atoms with Crippen LogP contribution < -0.4 is 10.2 Å². The van der Waals surface area contributed by atoms with Crippen LogP contribution in [0.25, 0.3) is 0 Å². The topological polar surface area (TPSA) is 79.4 Å². The molecule has 0 aromatic heterocycles. The van der Waals surface area contributed by atoms with Crippen molar-refractivity contribution in [1.82, 2.24) is 19.6 Å². The number of carbonyl (C=O) groups is 3.